The van der Waals surface area contributed by atoms with Crippen LogP contribution in [0.15, 0.2) is 33.9 Å². The second-order valence-electron chi connectivity index (χ2n) is 10.3. The van der Waals surface area contributed by atoms with Crippen LogP contribution in [0.3, 0.4) is 0 Å². The van der Waals surface area contributed by atoms with E-state index in [0.29, 0.717) is 62.3 Å². The predicted molar refractivity (Wildman–Crippen MR) is 139 cm³/mol. The summed E-state index contributed by atoms with van der Waals surface area (Å²) in [6.45, 7) is 4.42. The van der Waals surface area contributed by atoms with Crippen molar-refractivity contribution in [1.29, 1.82) is 0 Å². The SMILES string of the molecule is Cn1c(=O)n(CC(=O)N2CCOCC2)c(=O)c2c1nc(N1CCC3CNCC31)n2CCc1ccc(F)cc1. The number of hydrogen-bond acceptors (Lipinski definition) is 7. The molecule has 3 fully saturated rings. The number of aromatic nitrogens is 4. The van der Waals surface area contributed by atoms with Gasteiger partial charge in [0.1, 0.15) is 12.4 Å². The van der Waals surface area contributed by atoms with Crippen LogP contribution in [0.2, 0.25) is 0 Å². The number of fused-ring (bicyclic) bond motifs is 2. The van der Waals surface area contributed by atoms with Crippen LogP contribution in [0.4, 0.5) is 10.3 Å². The molecule has 0 spiro atoms. The number of carbonyl (C=O) groups is 1. The molecule has 3 aromatic rings. The summed E-state index contributed by atoms with van der Waals surface area (Å²) in [6.07, 6.45) is 1.57. The molecule has 3 saturated heterocycles. The van der Waals surface area contributed by atoms with E-state index in [2.05, 4.69) is 10.2 Å². The Kier molecular flexibility index (Phi) is 6.52. The van der Waals surface area contributed by atoms with Crippen molar-refractivity contribution in [3.05, 3.63) is 56.5 Å². The number of hydrogen-bond donors (Lipinski definition) is 1. The Morgan fingerprint density at radius 2 is 1.87 bits per heavy atom. The average molecular weight is 526 g/mol. The summed E-state index contributed by atoms with van der Waals surface area (Å²) >= 11 is 0. The van der Waals surface area contributed by atoms with Gasteiger partial charge >= 0.3 is 5.69 Å². The summed E-state index contributed by atoms with van der Waals surface area (Å²) in [5, 5.41) is 3.45. The first-order valence-corrected chi connectivity index (χ1v) is 13.2. The minimum Gasteiger partial charge on any atom is -0.378 e. The summed E-state index contributed by atoms with van der Waals surface area (Å²) in [4.78, 5) is 48.8. The number of anilines is 1. The molecule has 6 rings (SSSR count). The maximum Gasteiger partial charge on any atom is 0.332 e. The van der Waals surface area contributed by atoms with Crippen molar-refractivity contribution in [2.75, 3.05) is 50.8 Å². The van der Waals surface area contributed by atoms with E-state index in [1.54, 1.807) is 24.1 Å². The molecule has 1 amide bonds. The van der Waals surface area contributed by atoms with Gasteiger partial charge in [-0.15, -0.1) is 0 Å². The lowest BCUT2D eigenvalue weighted by atomic mass is 10.1. The van der Waals surface area contributed by atoms with E-state index < -0.39 is 11.2 Å². The zero-order valence-corrected chi connectivity index (χ0v) is 21.4. The fourth-order valence-corrected chi connectivity index (χ4v) is 5.97. The number of halogens is 1. The predicted octanol–water partition coefficient (Wildman–Crippen LogP) is -0.0646. The largest absolute Gasteiger partial charge is 0.378 e. The molecule has 38 heavy (non-hydrogen) atoms. The molecule has 0 aliphatic carbocycles. The zero-order chi connectivity index (χ0) is 26.4. The van der Waals surface area contributed by atoms with Crippen LogP contribution in [0, 0.1) is 11.7 Å². The number of nitrogens with zero attached hydrogens (tertiary/aromatic N) is 6. The lowest BCUT2D eigenvalue weighted by molar-refractivity contribution is -0.136. The zero-order valence-electron chi connectivity index (χ0n) is 21.4. The lowest BCUT2D eigenvalue weighted by Crippen LogP contribution is -2.47. The summed E-state index contributed by atoms with van der Waals surface area (Å²) < 4.78 is 23.1. The molecule has 11 nitrogen and oxygen atoms in total. The first-order valence-electron chi connectivity index (χ1n) is 13.2. The fourth-order valence-electron chi connectivity index (χ4n) is 5.97. The van der Waals surface area contributed by atoms with Gasteiger partial charge in [0.25, 0.3) is 5.56 Å². The highest BCUT2D eigenvalue weighted by Gasteiger charge is 2.40. The second-order valence-corrected chi connectivity index (χ2v) is 10.3. The Balaban J connectivity index is 1.44. The fraction of sp³-hybridized carbons (Fsp3) is 0.538. The number of nitrogens with one attached hydrogen (secondary N) is 1. The van der Waals surface area contributed by atoms with Gasteiger partial charge in [-0.05, 0) is 36.5 Å². The van der Waals surface area contributed by atoms with Gasteiger partial charge in [-0.25, -0.2) is 13.8 Å². The number of morpholine rings is 1. The summed E-state index contributed by atoms with van der Waals surface area (Å²) in [7, 11) is 1.59. The molecule has 0 radical (unpaired) electrons. The number of benzene rings is 1. The minimum atomic E-state index is -0.569. The molecule has 0 saturated carbocycles. The molecule has 2 unspecified atom stereocenters. The number of aryl methyl sites for hydroxylation is 3. The van der Waals surface area contributed by atoms with Crippen molar-refractivity contribution < 1.29 is 13.9 Å². The van der Waals surface area contributed by atoms with Gasteiger partial charge in [0.05, 0.1) is 13.2 Å². The van der Waals surface area contributed by atoms with Crippen LogP contribution in [-0.2, 0) is 36.1 Å². The van der Waals surface area contributed by atoms with E-state index in [1.165, 1.54) is 16.7 Å². The molecule has 3 aliphatic rings. The third-order valence-corrected chi connectivity index (χ3v) is 8.11. The van der Waals surface area contributed by atoms with Crippen molar-refractivity contribution in [1.82, 2.24) is 28.9 Å². The average Bonchev–Trinajstić information content (AvgIpc) is 3.65. The monoisotopic (exact) mass is 525 g/mol. The normalized spacial score (nSPS) is 21.4. The van der Waals surface area contributed by atoms with E-state index in [0.717, 1.165) is 36.2 Å². The maximum absolute atomic E-state index is 13.9. The number of ether oxygens (including phenoxy) is 1. The quantitative estimate of drug-likeness (QED) is 0.481. The van der Waals surface area contributed by atoms with Crippen molar-refractivity contribution in [2.45, 2.75) is 32.0 Å². The molecule has 12 heteroatoms. The molecule has 3 aliphatic heterocycles. The van der Waals surface area contributed by atoms with Crippen LogP contribution in [0.1, 0.15) is 12.0 Å². The first kappa shape index (κ1) is 24.8. The Morgan fingerprint density at radius 3 is 2.63 bits per heavy atom. The van der Waals surface area contributed by atoms with Crippen molar-refractivity contribution >= 4 is 23.0 Å². The summed E-state index contributed by atoms with van der Waals surface area (Å²) in [5.74, 6) is 0.570. The molecule has 0 bridgehead atoms. The smallest absolute Gasteiger partial charge is 0.332 e. The maximum atomic E-state index is 13.9. The molecule has 2 atom stereocenters. The van der Waals surface area contributed by atoms with E-state index in [1.807, 2.05) is 4.57 Å². The first-order chi connectivity index (χ1) is 18.4. The Morgan fingerprint density at radius 1 is 1.11 bits per heavy atom. The standard InChI is InChI=1S/C26H32FN7O4/c1-30-23-22(24(36)34(26(30)37)16-21(35)31-10-12-38-13-11-31)33(8-6-17-2-4-19(27)5-3-17)25(29-23)32-9-7-18-14-28-15-20(18)32/h2-5,18,20,28H,6-16H2,1H3. The van der Waals surface area contributed by atoms with Crippen molar-refractivity contribution in [3.8, 4) is 0 Å². The van der Waals surface area contributed by atoms with Crippen LogP contribution >= 0.6 is 0 Å². The highest BCUT2D eigenvalue weighted by molar-refractivity contribution is 5.78. The van der Waals surface area contributed by atoms with Gasteiger partial charge in [0.2, 0.25) is 11.9 Å². The summed E-state index contributed by atoms with van der Waals surface area (Å²) in [5.41, 5.74) is 0.434. The third kappa shape index (κ3) is 4.31. The van der Waals surface area contributed by atoms with Crippen LogP contribution in [0.25, 0.3) is 11.2 Å². The van der Waals surface area contributed by atoms with E-state index in [4.69, 9.17) is 9.72 Å². The number of carbonyl (C=O) groups excluding carboxylic acids is 1. The van der Waals surface area contributed by atoms with E-state index >= 15 is 0 Å². The highest BCUT2D eigenvalue weighted by atomic mass is 19.1. The third-order valence-electron chi connectivity index (χ3n) is 8.11. The van der Waals surface area contributed by atoms with Crippen LogP contribution in [0.5, 0.6) is 0 Å². The van der Waals surface area contributed by atoms with Crippen LogP contribution < -0.4 is 21.5 Å². The van der Waals surface area contributed by atoms with Gasteiger partial charge in [-0.1, -0.05) is 12.1 Å². The van der Waals surface area contributed by atoms with Crippen LogP contribution in [-0.4, -0.2) is 81.5 Å². The topological polar surface area (TPSA) is 107 Å². The number of imidazole rings is 1. The number of rotatable bonds is 6. The van der Waals surface area contributed by atoms with Crippen molar-refractivity contribution in [3.63, 3.8) is 0 Å². The Hall–Kier alpha value is -3.51. The molecule has 5 heterocycles. The minimum absolute atomic E-state index is 0.263. The molecule has 1 aromatic carbocycles. The molecular formula is C26H32FN7O4. The van der Waals surface area contributed by atoms with Gasteiger partial charge in [0, 0.05) is 52.4 Å². The highest BCUT2D eigenvalue weighted by Crippen LogP contribution is 2.33. The number of amides is 1. The van der Waals surface area contributed by atoms with Gasteiger partial charge in [-0.2, -0.15) is 4.98 Å². The second kappa shape index (κ2) is 9.99. The molecule has 202 valence electrons. The Bertz CT molecular complexity index is 1470. The molecule has 2 aromatic heterocycles. The molecular weight excluding hydrogens is 493 g/mol. The van der Waals surface area contributed by atoms with E-state index in [9.17, 15) is 18.8 Å². The van der Waals surface area contributed by atoms with Gasteiger partial charge in [-0.3, -0.25) is 14.2 Å². The summed E-state index contributed by atoms with van der Waals surface area (Å²) in [6, 6.07) is 6.57. The van der Waals surface area contributed by atoms with Gasteiger partial charge in [0.15, 0.2) is 11.2 Å². The lowest BCUT2D eigenvalue weighted by Gasteiger charge is -2.27. The van der Waals surface area contributed by atoms with E-state index in [-0.39, 0.29) is 24.3 Å². The Labute approximate surface area is 218 Å². The van der Waals surface area contributed by atoms with Gasteiger partial charge < -0.3 is 24.4 Å². The molecule has 1 N–H and O–H groups in total. The van der Waals surface area contributed by atoms with Crippen molar-refractivity contribution in [2.24, 2.45) is 13.0 Å².